The molecule has 0 aliphatic heterocycles. The van der Waals surface area contributed by atoms with Gasteiger partial charge in [-0.1, -0.05) is 12.1 Å². The summed E-state index contributed by atoms with van der Waals surface area (Å²) in [6.07, 6.45) is -4.20. The smallest absolute Gasteiger partial charge is 0.387 e. The van der Waals surface area contributed by atoms with Crippen LogP contribution in [-0.4, -0.2) is 14.7 Å². The molecule has 1 unspecified atom stereocenters. The van der Waals surface area contributed by atoms with Crippen LogP contribution in [0.3, 0.4) is 0 Å². The monoisotopic (exact) mass is 340 g/mol. The van der Waals surface area contributed by atoms with Gasteiger partial charge in [-0.25, -0.2) is 4.98 Å². The fourth-order valence-corrected chi connectivity index (χ4v) is 2.93. The van der Waals surface area contributed by atoms with Crippen molar-refractivity contribution in [1.29, 1.82) is 0 Å². The van der Waals surface area contributed by atoms with Crippen LogP contribution in [0.1, 0.15) is 17.2 Å². The van der Waals surface area contributed by atoms with Crippen molar-refractivity contribution in [3.8, 4) is 0 Å². The van der Waals surface area contributed by atoms with Gasteiger partial charge in [0.25, 0.3) is 5.56 Å². The Morgan fingerprint density at radius 1 is 1.22 bits per heavy atom. The third kappa shape index (κ3) is 3.13. The van der Waals surface area contributed by atoms with Crippen molar-refractivity contribution in [1.82, 2.24) is 9.55 Å². The SMILES string of the molecule is O=c1c2ccsc2ncn1CC(O)c1ccc(C(F)(F)F)cc1. The molecule has 0 aliphatic rings. The van der Waals surface area contributed by atoms with Crippen LogP contribution in [-0.2, 0) is 12.7 Å². The Labute approximate surface area is 132 Å². The van der Waals surface area contributed by atoms with Crippen LogP contribution in [0, 0.1) is 0 Å². The molecule has 0 spiro atoms. The second-order valence-electron chi connectivity index (χ2n) is 4.98. The maximum Gasteiger partial charge on any atom is 0.416 e. The van der Waals surface area contributed by atoms with Crippen LogP contribution in [0.2, 0.25) is 0 Å². The van der Waals surface area contributed by atoms with Crippen LogP contribution < -0.4 is 5.56 Å². The van der Waals surface area contributed by atoms with Crippen molar-refractivity contribution in [3.05, 3.63) is 63.5 Å². The molecule has 0 aliphatic carbocycles. The third-order valence-electron chi connectivity index (χ3n) is 3.44. The predicted molar refractivity (Wildman–Crippen MR) is 80.3 cm³/mol. The molecule has 0 fully saturated rings. The average molecular weight is 340 g/mol. The van der Waals surface area contributed by atoms with E-state index in [1.807, 2.05) is 0 Å². The largest absolute Gasteiger partial charge is 0.416 e. The Balaban J connectivity index is 1.84. The van der Waals surface area contributed by atoms with Gasteiger partial charge < -0.3 is 5.11 Å². The lowest BCUT2D eigenvalue weighted by atomic mass is 10.1. The minimum absolute atomic E-state index is 0.0804. The average Bonchev–Trinajstić information content (AvgIpc) is 2.98. The lowest BCUT2D eigenvalue weighted by molar-refractivity contribution is -0.137. The van der Waals surface area contributed by atoms with Crippen LogP contribution in [0.4, 0.5) is 13.2 Å². The number of aromatic nitrogens is 2. The molecule has 0 amide bonds. The lowest BCUT2D eigenvalue weighted by Gasteiger charge is -2.14. The topological polar surface area (TPSA) is 55.1 Å². The van der Waals surface area contributed by atoms with Gasteiger partial charge in [-0.2, -0.15) is 13.2 Å². The zero-order chi connectivity index (χ0) is 16.6. The van der Waals surface area contributed by atoms with E-state index >= 15 is 0 Å². The minimum Gasteiger partial charge on any atom is -0.387 e. The summed E-state index contributed by atoms with van der Waals surface area (Å²) in [6, 6.07) is 5.86. The minimum atomic E-state index is -4.42. The van der Waals surface area contributed by atoms with E-state index in [0.29, 0.717) is 15.8 Å². The van der Waals surface area contributed by atoms with E-state index in [4.69, 9.17) is 0 Å². The maximum atomic E-state index is 12.5. The number of benzene rings is 1. The number of thiophene rings is 1. The van der Waals surface area contributed by atoms with E-state index < -0.39 is 17.8 Å². The zero-order valence-corrected chi connectivity index (χ0v) is 12.4. The first kappa shape index (κ1) is 15.7. The molecule has 4 nitrogen and oxygen atoms in total. The van der Waals surface area contributed by atoms with E-state index in [1.165, 1.54) is 34.4 Å². The van der Waals surface area contributed by atoms with Crippen LogP contribution in [0.25, 0.3) is 10.2 Å². The molecule has 1 N–H and O–H groups in total. The first-order valence-electron chi connectivity index (χ1n) is 6.64. The van der Waals surface area contributed by atoms with Crippen LogP contribution >= 0.6 is 11.3 Å². The van der Waals surface area contributed by atoms with Gasteiger partial charge in [-0.3, -0.25) is 9.36 Å². The van der Waals surface area contributed by atoms with Crippen LogP contribution in [0.15, 0.2) is 46.8 Å². The Morgan fingerprint density at radius 3 is 2.57 bits per heavy atom. The molecule has 2 heterocycles. The van der Waals surface area contributed by atoms with Gasteiger partial charge in [0.2, 0.25) is 0 Å². The molecule has 1 aromatic carbocycles. The highest BCUT2D eigenvalue weighted by molar-refractivity contribution is 7.16. The van der Waals surface area contributed by atoms with Gasteiger partial charge in [-0.15, -0.1) is 11.3 Å². The molecule has 0 saturated carbocycles. The van der Waals surface area contributed by atoms with Crippen LogP contribution in [0.5, 0.6) is 0 Å². The van der Waals surface area contributed by atoms with Crippen molar-refractivity contribution in [3.63, 3.8) is 0 Å². The summed E-state index contributed by atoms with van der Waals surface area (Å²) in [7, 11) is 0. The molecule has 23 heavy (non-hydrogen) atoms. The quantitative estimate of drug-likeness (QED) is 0.797. The molecule has 1 atom stereocenters. The summed E-state index contributed by atoms with van der Waals surface area (Å²) < 4.78 is 38.8. The molecule has 120 valence electrons. The predicted octanol–water partition coefficient (Wildman–Crippen LogP) is 3.21. The third-order valence-corrected chi connectivity index (χ3v) is 4.26. The number of aliphatic hydroxyl groups excluding tert-OH is 1. The Kier molecular flexibility index (Phi) is 3.95. The lowest BCUT2D eigenvalue weighted by Crippen LogP contribution is -2.23. The van der Waals surface area contributed by atoms with Crippen molar-refractivity contribution in [2.24, 2.45) is 0 Å². The standard InChI is InChI=1S/C15H11F3N2O2S/c16-15(17,18)10-3-1-9(2-4-10)12(21)7-20-8-19-13-11(14(20)22)5-6-23-13/h1-6,8,12,21H,7H2. The van der Waals surface area contributed by atoms with Gasteiger partial charge >= 0.3 is 6.18 Å². The first-order chi connectivity index (χ1) is 10.9. The Hall–Kier alpha value is -2.19. The summed E-state index contributed by atoms with van der Waals surface area (Å²) in [4.78, 5) is 16.9. The van der Waals surface area contributed by atoms with Crippen molar-refractivity contribution < 1.29 is 18.3 Å². The highest BCUT2D eigenvalue weighted by Crippen LogP contribution is 2.30. The second kappa shape index (κ2) is 5.78. The maximum absolute atomic E-state index is 12.5. The molecule has 3 aromatic rings. The fraction of sp³-hybridized carbons (Fsp3) is 0.200. The highest BCUT2D eigenvalue weighted by atomic mass is 32.1. The number of alkyl halides is 3. The number of aliphatic hydroxyl groups is 1. The molecule has 0 radical (unpaired) electrons. The number of rotatable bonds is 3. The summed E-state index contributed by atoms with van der Waals surface area (Å²) in [5.41, 5.74) is -0.774. The van der Waals surface area contributed by atoms with E-state index in [0.717, 1.165) is 12.1 Å². The van der Waals surface area contributed by atoms with Crippen molar-refractivity contribution >= 4 is 21.6 Å². The van der Waals surface area contributed by atoms with Gasteiger partial charge in [0.05, 0.1) is 29.9 Å². The summed E-state index contributed by atoms with van der Waals surface area (Å²) >= 11 is 1.34. The Morgan fingerprint density at radius 2 is 1.91 bits per heavy atom. The van der Waals surface area contributed by atoms with Crippen molar-refractivity contribution in [2.75, 3.05) is 0 Å². The highest BCUT2D eigenvalue weighted by Gasteiger charge is 2.30. The van der Waals surface area contributed by atoms with E-state index in [2.05, 4.69) is 4.98 Å². The fourth-order valence-electron chi connectivity index (χ4n) is 2.21. The summed E-state index contributed by atoms with van der Waals surface area (Å²) in [5, 5.41) is 12.4. The molecular formula is C15H11F3N2O2S. The number of halogens is 3. The number of fused-ring (bicyclic) bond motifs is 1. The molecular weight excluding hydrogens is 329 g/mol. The molecule has 8 heteroatoms. The first-order valence-corrected chi connectivity index (χ1v) is 7.52. The molecule has 3 rings (SSSR count). The molecule has 2 aromatic heterocycles. The van der Waals surface area contributed by atoms with E-state index in [9.17, 15) is 23.1 Å². The van der Waals surface area contributed by atoms with Crippen molar-refractivity contribution in [2.45, 2.75) is 18.8 Å². The van der Waals surface area contributed by atoms with E-state index in [-0.39, 0.29) is 12.1 Å². The summed E-state index contributed by atoms with van der Waals surface area (Å²) in [5.74, 6) is 0. The normalized spacial score (nSPS) is 13.4. The molecule has 0 bridgehead atoms. The number of hydrogen-bond donors (Lipinski definition) is 1. The number of hydrogen-bond acceptors (Lipinski definition) is 4. The molecule has 0 saturated heterocycles. The Bertz CT molecular complexity index is 884. The van der Waals surface area contributed by atoms with E-state index in [1.54, 1.807) is 11.4 Å². The van der Waals surface area contributed by atoms with Gasteiger partial charge in [0.15, 0.2) is 0 Å². The van der Waals surface area contributed by atoms with Gasteiger partial charge in [-0.05, 0) is 29.1 Å². The zero-order valence-electron chi connectivity index (χ0n) is 11.6. The number of nitrogens with zero attached hydrogens (tertiary/aromatic N) is 2. The van der Waals surface area contributed by atoms with Gasteiger partial charge in [0, 0.05) is 0 Å². The van der Waals surface area contributed by atoms with Gasteiger partial charge in [0.1, 0.15) is 4.83 Å². The summed E-state index contributed by atoms with van der Waals surface area (Å²) in [6.45, 7) is -0.0804. The second-order valence-corrected chi connectivity index (χ2v) is 5.87.